The normalized spacial score (nSPS) is 17.9. The Morgan fingerprint density at radius 2 is 1.54 bits per heavy atom. The quantitative estimate of drug-likeness (QED) is 0.669. The molecule has 0 radical (unpaired) electrons. The standard InChI is InChI=1S/C25H28N4O6/c1-25(2,3)35-24(34)27-13-14-28(20(15-27)22(31)32)23(33)29-17-10-6-5-9-16(17)21(30)26(4)18-11-7-8-12-19(18)29/h5-12,20H,13-15H2,1-4H3,(H,31,32)/t20-/m0/s1. The Bertz CT molecular complexity index is 1190. The van der Waals surface area contributed by atoms with Crippen molar-refractivity contribution in [2.45, 2.75) is 32.4 Å². The van der Waals surface area contributed by atoms with Crippen LogP contribution in [0, 0.1) is 0 Å². The maximum atomic E-state index is 14.0. The van der Waals surface area contributed by atoms with Crippen molar-refractivity contribution in [2.75, 3.05) is 36.5 Å². The summed E-state index contributed by atoms with van der Waals surface area (Å²) in [5.41, 5.74) is 0.913. The van der Waals surface area contributed by atoms with Gasteiger partial charge >= 0.3 is 18.1 Å². The number of para-hydroxylation sites is 3. The first kappa shape index (κ1) is 24.1. The molecule has 1 fully saturated rings. The number of aliphatic carboxylic acids is 1. The van der Waals surface area contributed by atoms with Gasteiger partial charge in [-0.15, -0.1) is 0 Å². The number of anilines is 3. The largest absolute Gasteiger partial charge is 0.480 e. The molecule has 0 spiro atoms. The van der Waals surface area contributed by atoms with E-state index in [-0.39, 0.29) is 25.5 Å². The number of carbonyl (C=O) groups excluding carboxylic acids is 3. The van der Waals surface area contributed by atoms with Crippen LogP contribution >= 0.6 is 0 Å². The highest BCUT2D eigenvalue weighted by Gasteiger charge is 2.42. The summed E-state index contributed by atoms with van der Waals surface area (Å²) in [4.78, 5) is 57.3. The van der Waals surface area contributed by atoms with Gasteiger partial charge in [0.2, 0.25) is 0 Å². The highest BCUT2D eigenvalue weighted by Crippen LogP contribution is 2.41. The Balaban J connectivity index is 1.73. The number of urea groups is 1. The number of benzene rings is 2. The number of rotatable bonds is 1. The fourth-order valence-electron chi connectivity index (χ4n) is 4.26. The maximum absolute atomic E-state index is 14.0. The smallest absolute Gasteiger partial charge is 0.410 e. The molecule has 0 aromatic heterocycles. The highest BCUT2D eigenvalue weighted by molar-refractivity contribution is 6.18. The molecule has 2 heterocycles. The first-order valence-corrected chi connectivity index (χ1v) is 11.3. The van der Waals surface area contributed by atoms with Crippen LogP contribution in [-0.2, 0) is 9.53 Å². The van der Waals surface area contributed by atoms with E-state index in [0.717, 1.165) is 0 Å². The lowest BCUT2D eigenvalue weighted by atomic mass is 10.1. The van der Waals surface area contributed by atoms with Crippen LogP contribution in [0.4, 0.5) is 26.7 Å². The third-order valence-corrected chi connectivity index (χ3v) is 5.92. The van der Waals surface area contributed by atoms with E-state index in [1.165, 1.54) is 19.6 Å². The molecule has 0 saturated carbocycles. The van der Waals surface area contributed by atoms with Gasteiger partial charge in [0.1, 0.15) is 11.6 Å². The van der Waals surface area contributed by atoms with E-state index >= 15 is 0 Å². The molecule has 4 rings (SSSR count). The van der Waals surface area contributed by atoms with Crippen LogP contribution in [0.3, 0.4) is 0 Å². The highest BCUT2D eigenvalue weighted by atomic mass is 16.6. The van der Waals surface area contributed by atoms with Crippen LogP contribution in [0.25, 0.3) is 0 Å². The molecule has 0 bridgehead atoms. The number of fused-ring (bicyclic) bond motifs is 2. The molecule has 10 heteroatoms. The summed E-state index contributed by atoms with van der Waals surface area (Å²) in [6.45, 7) is 5.07. The van der Waals surface area contributed by atoms with E-state index in [4.69, 9.17) is 4.74 Å². The Hall–Kier alpha value is -4.08. The lowest BCUT2D eigenvalue weighted by Crippen LogP contribution is -2.61. The van der Waals surface area contributed by atoms with E-state index in [1.54, 1.807) is 76.3 Å². The molecule has 2 aliphatic heterocycles. The molecular weight excluding hydrogens is 452 g/mol. The number of amides is 4. The minimum atomic E-state index is -1.29. The van der Waals surface area contributed by atoms with E-state index < -0.39 is 29.7 Å². The molecular formula is C25H28N4O6. The fourth-order valence-corrected chi connectivity index (χ4v) is 4.26. The van der Waals surface area contributed by atoms with E-state index in [9.17, 15) is 24.3 Å². The van der Waals surface area contributed by atoms with Gasteiger partial charge in [0.25, 0.3) is 5.91 Å². The predicted octanol–water partition coefficient (Wildman–Crippen LogP) is 3.54. The van der Waals surface area contributed by atoms with Crippen molar-refractivity contribution >= 4 is 41.1 Å². The van der Waals surface area contributed by atoms with Gasteiger partial charge in [0.05, 0.1) is 29.2 Å². The van der Waals surface area contributed by atoms with Crippen LogP contribution in [0.1, 0.15) is 31.1 Å². The summed E-state index contributed by atoms with van der Waals surface area (Å²) >= 11 is 0. The zero-order valence-electron chi connectivity index (χ0n) is 20.1. The van der Waals surface area contributed by atoms with Gasteiger partial charge in [-0.1, -0.05) is 24.3 Å². The van der Waals surface area contributed by atoms with Gasteiger partial charge in [0.15, 0.2) is 0 Å². The summed E-state index contributed by atoms with van der Waals surface area (Å²) in [5.74, 6) is -1.52. The Morgan fingerprint density at radius 3 is 2.17 bits per heavy atom. The third kappa shape index (κ3) is 4.51. The number of nitrogens with zero attached hydrogens (tertiary/aromatic N) is 4. The van der Waals surface area contributed by atoms with E-state index in [2.05, 4.69) is 0 Å². The second-order valence-corrected chi connectivity index (χ2v) is 9.46. The number of hydrogen-bond acceptors (Lipinski definition) is 5. The summed E-state index contributed by atoms with van der Waals surface area (Å²) in [6, 6.07) is 11.8. The number of carbonyl (C=O) groups is 4. The second kappa shape index (κ2) is 8.94. The van der Waals surface area contributed by atoms with Crippen molar-refractivity contribution in [3.05, 3.63) is 54.1 Å². The molecule has 1 N–H and O–H groups in total. The zero-order valence-corrected chi connectivity index (χ0v) is 20.1. The lowest BCUT2D eigenvalue weighted by Gasteiger charge is -2.41. The SMILES string of the molecule is CN1C(=O)c2ccccc2N(C(=O)N2CCN(C(=O)OC(C)(C)C)C[C@H]2C(=O)O)c2ccccc21. The molecule has 0 unspecified atom stereocenters. The molecule has 10 nitrogen and oxygen atoms in total. The van der Waals surface area contributed by atoms with Crippen molar-refractivity contribution in [3.63, 3.8) is 0 Å². The molecule has 4 amide bonds. The van der Waals surface area contributed by atoms with Crippen LogP contribution in [0.5, 0.6) is 0 Å². The third-order valence-electron chi connectivity index (χ3n) is 5.92. The van der Waals surface area contributed by atoms with Crippen LogP contribution in [0.2, 0.25) is 0 Å². The van der Waals surface area contributed by atoms with Gasteiger partial charge in [-0.25, -0.2) is 14.4 Å². The van der Waals surface area contributed by atoms with E-state index in [1.807, 2.05) is 0 Å². The van der Waals surface area contributed by atoms with Gasteiger partial charge in [-0.3, -0.25) is 9.69 Å². The Kier molecular flexibility index (Phi) is 6.14. The number of hydrogen-bond donors (Lipinski definition) is 1. The second-order valence-electron chi connectivity index (χ2n) is 9.46. The molecule has 2 aromatic rings. The number of carboxylic acid groups (broad SMARTS) is 1. The fraction of sp³-hybridized carbons (Fsp3) is 0.360. The average Bonchev–Trinajstić information content (AvgIpc) is 2.90. The predicted molar refractivity (Wildman–Crippen MR) is 129 cm³/mol. The van der Waals surface area contributed by atoms with Gasteiger partial charge in [-0.2, -0.15) is 0 Å². The number of piperazine rings is 1. The van der Waals surface area contributed by atoms with Crippen molar-refractivity contribution < 1.29 is 29.0 Å². The number of ether oxygens (including phenoxy) is 1. The summed E-state index contributed by atoms with van der Waals surface area (Å²) in [7, 11) is 1.63. The van der Waals surface area contributed by atoms with Gasteiger partial charge < -0.3 is 24.5 Å². The molecule has 2 aromatic carbocycles. The first-order chi connectivity index (χ1) is 16.5. The monoisotopic (exact) mass is 480 g/mol. The molecule has 35 heavy (non-hydrogen) atoms. The molecule has 1 saturated heterocycles. The van der Waals surface area contributed by atoms with Crippen molar-refractivity contribution in [1.29, 1.82) is 0 Å². The lowest BCUT2D eigenvalue weighted by molar-refractivity contribution is -0.144. The summed E-state index contributed by atoms with van der Waals surface area (Å²) in [5, 5.41) is 9.96. The topological polar surface area (TPSA) is 111 Å². The van der Waals surface area contributed by atoms with Crippen LogP contribution < -0.4 is 9.80 Å². The van der Waals surface area contributed by atoms with E-state index in [0.29, 0.717) is 22.6 Å². The molecule has 2 aliphatic rings. The molecule has 184 valence electrons. The zero-order chi connectivity index (χ0) is 25.5. The average molecular weight is 481 g/mol. The van der Waals surface area contributed by atoms with Crippen molar-refractivity contribution in [1.82, 2.24) is 9.80 Å². The van der Waals surface area contributed by atoms with Crippen molar-refractivity contribution in [2.24, 2.45) is 0 Å². The Morgan fingerprint density at radius 1 is 0.943 bits per heavy atom. The van der Waals surface area contributed by atoms with Gasteiger partial charge in [0, 0.05) is 20.1 Å². The summed E-state index contributed by atoms with van der Waals surface area (Å²) in [6.07, 6.45) is -0.631. The Labute approximate surface area is 203 Å². The van der Waals surface area contributed by atoms with Gasteiger partial charge in [-0.05, 0) is 45.0 Å². The summed E-state index contributed by atoms with van der Waals surface area (Å²) < 4.78 is 5.39. The van der Waals surface area contributed by atoms with Crippen molar-refractivity contribution in [3.8, 4) is 0 Å². The molecule has 0 aliphatic carbocycles. The van der Waals surface area contributed by atoms with Crippen LogP contribution in [0.15, 0.2) is 48.5 Å². The minimum absolute atomic E-state index is 0.0142. The first-order valence-electron chi connectivity index (χ1n) is 11.3. The maximum Gasteiger partial charge on any atom is 0.410 e. The molecule has 1 atom stereocenters. The number of carboxylic acids is 1. The van der Waals surface area contributed by atoms with Crippen LogP contribution in [-0.4, -0.2) is 77.2 Å². The minimum Gasteiger partial charge on any atom is -0.480 e.